The molecule has 1 atom stereocenters. The van der Waals surface area contributed by atoms with E-state index in [1.54, 1.807) is 6.07 Å². The summed E-state index contributed by atoms with van der Waals surface area (Å²) >= 11 is 6.00. The number of nitrogens with zero attached hydrogens (tertiary/aromatic N) is 1. The quantitative estimate of drug-likeness (QED) is 0.933. The highest BCUT2D eigenvalue weighted by Gasteiger charge is 2.32. The highest BCUT2D eigenvalue weighted by Crippen LogP contribution is 2.26. The summed E-state index contributed by atoms with van der Waals surface area (Å²) in [6, 6.07) is 4.66. The van der Waals surface area contributed by atoms with Gasteiger partial charge in [-0.3, -0.25) is 4.79 Å². The Bertz CT molecular complexity index is 565. The van der Waals surface area contributed by atoms with E-state index in [4.69, 9.17) is 16.4 Å². The van der Waals surface area contributed by atoms with Crippen LogP contribution in [0.5, 0.6) is 0 Å². The van der Waals surface area contributed by atoms with E-state index in [0.29, 0.717) is 5.71 Å². The van der Waals surface area contributed by atoms with Crippen LogP contribution in [-0.2, 0) is 9.63 Å². The number of carbonyl (C=O) groups excluding carboxylic acids is 1. The number of rotatable bonds is 3. The lowest BCUT2D eigenvalue weighted by Crippen LogP contribution is -2.40. The standard InChI is InChI=1S/C15H16ClFN2O2/c16-10-6-3-7-11(17)14(10)12-8-13(21-19-12)15(20)18-9-4-1-2-5-9/h3,6-7,9,13H,1-2,4-5,8H2,(H,18,20)/t13-/m1/s1. The number of carbonyl (C=O) groups is 1. The molecular formula is C15H16ClFN2O2. The molecule has 6 heteroatoms. The zero-order valence-electron chi connectivity index (χ0n) is 11.4. The Labute approximate surface area is 127 Å². The lowest BCUT2D eigenvalue weighted by atomic mass is 10.0. The molecule has 0 spiro atoms. The van der Waals surface area contributed by atoms with E-state index >= 15 is 0 Å². The first-order chi connectivity index (χ1) is 10.1. The first kappa shape index (κ1) is 14.3. The molecule has 1 fully saturated rings. The monoisotopic (exact) mass is 310 g/mol. The Morgan fingerprint density at radius 2 is 2.14 bits per heavy atom. The molecule has 1 amide bonds. The normalized spacial score (nSPS) is 22.0. The second-order valence-electron chi connectivity index (χ2n) is 5.42. The number of hydrogen-bond acceptors (Lipinski definition) is 3. The summed E-state index contributed by atoms with van der Waals surface area (Å²) in [6.45, 7) is 0. The summed E-state index contributed by atoms with van der Waals surface area (Å²) < 4.78 is 13.8. The maximum atomic E-state index is 13.8. The molecule has 0 radical (unpaired) electrons. The van der Waals surface area contributed by atoms with Gasteiger partial charge in [-0.1, -0.05) is 35.7 Å². The van der Waals surface area contributed by atoms with Crippen molar-refractivity contribution >= 4 is 23.2 Å². The third-order valence-corrected chi connectivity index (χ3v) is 4.23. The molecule has 0 bridgehead atoms. The molecule has 112 valence electrons. The van der Waals surface area contributed by atoms with E-state index in [1.807, 2.05) is 0 Å². The summed E-state index contributed by atoms with van der Waals surface area (Å²) in [5.74, 6) is -0.644. The highest BCUT2D eigenvalue weighted by molar-refractivity contribution is 6.34. The first-order valence-corrected chi connectivity index (χ1v) is 7.50. The fourth-order valence-electron chi connectivity index (χ4n) is 2.80. The van der Waals surface area contributed by atoms with Gasteiger partial charge in [-0.15, -0.1) is 0 Å². The van der Waals surface area contributed by atoms with E-state index in [9.17, 15) is 9.18 Å². The molecule has 1 aromatic carbocycles. The summed E-state index contributed by atoms with van der Waals surface area (Å²) in [6.07, 6.45) is 3.83. The molecule has 0 aromatic heterocycles. The Hall–Kier alpha value is -1.62. The number of hydrogen-bond donors (Lipinski definition) is 1. The van der Waals surface area contributed by atoms with Gasteiger partial charge in [0, 0.05) is 12.5 Å². The molecule has 1 saturated carbocycles. The minimum absolute atomic E-state index is 0.187. The Morgan fingerprint density at radius 3 is 2.86 bits per heavy atom. The predicted molar refractivity (Wildman–Crippen MR) is 77.8 cm³/mol. The second-order valence-corrected chi connectivity index (χ2v) is 5.83. The van der Waals surface area contributed by atoms with E-state index < -0.39 is 11.9 Å². The Balaban J connectivity index is 1.65. The van der Waals surface area contributed by atoms with Crippen molar-refractivity contribution in [3.8, 4) is 0 Å². The van der Waals surface area contributed by atoms with Crippen molar-refractivity contribution in [1.29, 1.82) is 0 Å². The van der Waals surface area contributed by atoms with Crippen LogP contribution in [0.25, 0.3) is 0 Å². The molecule has 1 aliphatic heterocycles. The predicted octanol–water partition coefficient (Wildman–Crippen LogP) is 3.03. The molecular weight excluding hydrogens is 295 g/mol. The van der Waals surface area contributed by atoms with Crippen LogP contribution in [0, 0.1) is 5.82 Å². The number of oxime groups is 1. The zero-order valence-corrected chi connectivity index (χ0v) is 12.2. The maximum absolute atomic E-state index is 13.8. The second kappa shape index (κ2) is 6.02. The van der Waals surface area contributed by atoms with Crippen molar-refractivity contribution < 1.29 is 14.0 Å². The minimum atomic E-state index is -0.698. The molecule has 2 aliphatic rings. The Kier molecular flexibility index (Phi) is 4.10. The van der Waals surface area contributed by atoms with E-state index in [0.717, 1.165) is 25.7 Å². The molecule has 0 unspecified atom stereocenters. The largest absolute Gasteiger partial charge is 0.382 e. The molecule has 4 nitrogen and oxygen atoms in total. The summed E-state index contributed by atoms with van der Waals surface area (Å²) in [5.41, 5.74) is 0.597. The number of nitrogens with one attached hydrogen (secondary N) is 1. The van der Waals surface area contributed by atoms with Gasteiger partial charge < -0.3 is 10.2 Å². The first-order valence-electron chi connectivity index (χ1n) is 7.12. The fourth-order valence-corrected chi connectivity index (χ4v) is 3.08. The summed E-state index contributed by atoms with van der Waals surface area (Å²) in [7, 11) is 0. The van der Waals surface area contributed by atoms with Crippen molar-refractivity contribution in [2.24, 2.45) is 5.16 Å². The smallest absolute Gasteiger partial charge is 0.264 e. The van der Waals surface area contributed by atoms with Crippen molar-refractivity contribution in [3.05, 3.63) is 34.6 Å². The van der Waals surface area contributed by atoms with Gasteiger partial charge in [0.1, 0.15) is 5.82 Å². The lowest BCUT2D eigenvalue weighted by molar-refractivity contribution is -0.131. The van der Waals surface area contributed by atoms with Gasteiger partial charge >= 0.3 is 0 Å². The van der Waals surface area contributed by atoms with Crippen LogP contribution >= 0.6 is 11.6 Å². The van der Waals surface area contributed by atoms with Gasteiger partial charge in [0.2, 0.25) is 6.10 Å². The highest BCUT2D eigenvalue weighted by atomic mass is 35.5. The fraction of sp³-hybridized carbons (Fsp3) is 0.467. The van der Waals surface area contributed by atoms with Gasteiger partial charge in [0.05, 0.1) is 16.3 Å². The van der Waals surface area contributed by atoms with Crippen molar-refractivity contribution in [2.45, 2.75) is 44.2 Å². The van der Waals surface area contributed by atoms with E-state index in [1.165, 1.54) is 12.1 Å². The van der Waals surface area contributed by atoms with Gasteiger partial charge in [-0.2, -0.15) is 0 Å². The number of amides is 1. The van der Waals surface area contributed by atoms with Crippen LogP contribution in [0.15, 0.2) is 23.4 Å². The van der Waals surface area contributed by atoms with Crippen molar-refractivity contribution in [1.82, 2.24) is 5.32 Å². The summed E-state index contributed by atoms with van der Waals surface area (Å²) in [5, 5.41) is 7.07. The minimum Gasteiger partial charge on any atom is -0.382 e. The third kappa shape index (κ3) is 3.02. The van der Waals surface area contributed by atoms with Crippen LogP contribution in [0.3, 0.4) is 0 Å². The topological polar surface area (TPSA) is 50.7 Å². The molecule has 1 aromatic rings. The molecule has 0 saturated heterocycles. The molecule has 3 rings (SSSR count). The molecule has 1 N–H and O–H groups in total. The Morgan fingerprint density at radius 1 is 1.38 bits per heavy atom. The van der Waals surface area contributed by atoms with Crippen molar-refractivity contribution in [2.75, 3.05) is 0 Å². The van der Waals surface area contributed by atoms with Crippen LogP contribution in [0.4, 0.5) is 4.39 Å². The van der Waals surface area contributed by atoms with E-state index in [-0.39, 0.29) is 29.0 Å². The molecule has 1 aliphatic carbocycles. The van der Waals surface area contributed by atoms with Crippen LogP contribution in [0.1, 0.15) is 37.7 Å². The molecule has 21 heavy (non-hydrogen) atoms. The van der Waals surface area contributed by atoms with Gasteiger partial charge in [-0.05, 0) is 25.0 Å². The number of halogens is 2. The average molecular weight is 311 g/mol. The van der Waals surface area contributed by atoms with Gasteiger partial charge in [-0.25, -0.2) is 4.39 Å². The zero-order chi connectivity index (χ0) is 14.8. The molecule has 1 heterocycles. The van der Waals surface area contributed by atoms with Crippen molar-refractivity contribution in [3.63, 3.8) is 0 Å². The average Bonchev–Trinajstić information content (AvgIpc) is 3.10. The number of benzene rings is 1. The van der Waals surface area contributed by atoms with Crippen LogP contribution < -0.4 is 5.32 Å². The van der Waals surface area contributed by atoms with Gasteiger partial charge in [0.25, 0.3) is 5.91 Å². The summed E-state index contributed by atoms with van der Waals surface area (Å²) in [4.78, 5) is 17.3. The van der Waals surface area contributed by atoms with E-state index in [2.05, 4.69) is 10.5 Å². The lowest BCUT2D eigenvalue weighted by Gasteiger charge is -2.14. The van der Waals surface area contributed by atoms with Crippen LogP contribution in [0.2, 0.25) is 5.02 Å². The third-order valence-electron chi connectivity index (χ3n) is 3.91. The van der Waals surface area contributed by atoms with Gasteiger partial charge in [0.15, 0.2) is 0 Å². The van der Waals surface area contributed by atoms with Crippen LogP contribution in [-0.4, -0.2) is 23.8 Å². The maximum Gasteiger partial charge on any atom is 0.264 e. The SMILES string of the molecule is O=C(NC1CCCC1)[C@H]1CC(c2c(F)cccc2Cl)=NO1.